The summed E-state index contributed by atoms with van der Waals surface area (Å²) < 4.78 is 5.19. The maximum Gasteiger partial charge on any atom is 0.137 e. The van der Waals surface area contributed by atoms with Crippen LogP contribution in [-0.4, -0.2) is 31.1 Å². The van der Waals surface area contributed by atoms with Crippen LogP contribution in [0, 0.1) is 0 Å². The SMILES string of the molecule is COc1ccc(NC2CCN(Cc3ccccc3)CC2)cc1Cl. The van der Waals surface area contributed by atoms with Crippen molar-refractivity contribution in [2.75, 3.05) is 25.5 Å². The van der Waals surface area contributed by atoms with E-state index in [1.807, 2.05) is 18.2 Å². The number of halogens is 1. The van der Waals surface area contributed by atoms with E-state index in [4.69, 9.17) is 16.3 Å². The van der Waals surface area contributed by atoms with E-state index in [0.29, 0.717) is 11.1 Å². The van der Waals surface area contributed by atoms with E-state index < -0.39 is 0 Å². The van der Waals surface area contributed by atoms with Crippen molar-refractivity contribution in [3.05, 3.63) is 59.1 Å². The topological polar surface area (TPSA) is 24.5 Å². The van der Waals surface area contributed by atoms with E-state index in [1.165, 1.54) is 5.56 Å². The lowest BCUT2D eigenvalue weighted by Gasteiger charge is -2.33. The molecule has 1 saturated heterocycles. The molecule has 0 unspecified atom stereocenters. The Kier molecular flexibility index (Phi) is 5.42. The third-order valence-electron chi connectivity index (χ3n) is 4.36. The summed E-state index contributed by atoms with van der Waals surface area (Å²) in [5, 5.41) is 4.24. The largest absolute Gasteiger partial charge is 0.495 e. The Morgan fingerprint density at radius 3 is 2.52 bits per heavy atom. The minimum absolute atomic E-state index is 0.506. The van der Waals surface area contributed by atoms with Crippen LogP contribution >= 0.6 is 11.6 Å². The molecule has 4 heteroatoms. The van der Waals surface area contributed by atoms with E-state index in [0.717, 1.165) is 43.9 Å². The first-order valence-electron chi connectivity index (χ1n) is 8.11. The van der Waals surface area contributed by atoms with Gasteiger partial charge < -0.3 is 10.1 Å². The molecule has 2 aromatic rings. The maximum absolute atomic E-state index is 6.19. The van der Waals surface area contributed by atoms with Gasteiger partial charge in [-0.15, -0.1) is 0 Å². The number of hydrogen-bond donors (Lipinski definition) is 1. The van der Waals surface area contributed by atoms with Crippen molar-refractivity contribution >= 4 is 17.3 Å². The molecule has 1 aliphatic heterocycles. The molecule has 3 rings (SSSR count). The monoisotopic (exact) mass is 330 g/mol. The van der Waals surface area contributed by atoms with Crippen molar-refractivity contribution < 1.29 is 4.74 Å². The van der Waals surface area contributed by atoms with Crippen LogP contribution in [0.1, 0.15) is 18.4 Å². The van der Waals surface area contributed by atoms with Crippen molar-refractivity contribution in [1.82, 2.24) is 4.90 Å². The Morgan fingerprint density at radius 2 is 1.87 bits per heavy atom. The van der Waals surface area contributed by atoms with Crippen molar-refractivity contribution in [1.29, 1.82) is 0 Å². The molecule has 0 amide bonds. The average molecular weight is 331 g/mol. The Labute approximate surface area is 143 Å². The minimum Gasteiger partial charge on any atom is -0.495 e. The second kappa shape index (κ2) is 7.71. The number of ether oxygens (including phenoxy) is 1. The van der Waals surface area contributed by atoms with E-state index >= 15 is 0 Å². The zero-order valence-electron chi connectivity index (χ0n) is 13.5. The van der Waals surface area contributed by atoms with Gasteiger partial charge in [0, 0.05) is 31.4 Å². The number of nitrogens with zero attached hydrogens (tertiary/aromatic N) is 1. The third kappa shape index (κ3) is 4.40. The van der Waals surface area contributed by atoms with Crippen LogP contribution in [0.25, 0.3) is 0 Å². The number of hydrogen-bond acceptors (Lipinski definition) is 3. The lowest BCUT2D eigenvalue weighted by atomic mass is 10.0. The lowest BCUT2D eigenvalue weighted by Crippen LogP contribution is -2.38. The van der Waals surface area contributed by atoms with Gasteiger partial charge in [0.1, 0.15) is 5.75 Å². The van der Waals surface area contributed by atoms with Crippen LogP contribution in [0.4, 0.5) is 5.69 Å². The summed E-state index contributed by atoms with van der Waals surface area (Å²) in [6, 6.07) is 17.1. The molecule has 0 aromatic heterocycles. The predicted octanol–water partition coefficient (Wildman–Crippen LogP) is 4.43. The van der Waals surface area contributed by atoms with Gasteiger partial charge in [0.25, 0.3) is 0 Å². The number of nitrogens with one attached hydrogen (secondary N) is 1. The first kappa shape index (κ1) is 16.2. The van der Waals surface area contributed by atoms with E-state index in [-0.39, 0.29) is 0 Å². The summed E-state index contributed by atoms with van der Waals surface area (Å²) in [4.78, 5) is 2.52. The molecule has 122 valence electrons. The number of methoxy groups -OCH3 is 1. The summed E-state index contributed by atoms with van der Waals surface area (Å²) in [6.07, 6.45) is 2.30. The van der Waals surface area contributed by atoms with E-state index in [1.54, 1.807) is 7.11 Å². The summed E-state index contributed by atoms with van der Waals surface area (Å²) in [5.41, 5.74) is 2.46. The van der Waals surface area contributed by atoms with Gasteiger partial charge in [-0.2, -0.15) is 0 Å². The molecule has 0 bridgehead atoms. The van der Waals surface area contributed by atoms with Gasteiger partial charge in [-0.3, -0.25) is 4.90 Å². The van der Waals surface area contributed by atoms with Gasteiger partial charge in [-0.05, 0) is 36.6 Å². The van der Waals surface area contributed by atoms with Crippen molar-refractivity contribution in [3.8, 4) is 5.75 Å². The fourth-order valence-corrected chi connectivity index (χ4v) is 3.33. The highest BCUT2D eigenvalue weighted by atomic mass is 35.5. The fourth-order valence-electron chi connectivity index (χ4n) is 3.07. The summed E-state index contributed by atoms with van der Waals surface area (Å²) in [5.74, 6) is 0.717. The second-order valence-corrected chi connectivity index (χ2v) is 6.44. The van der Waals surface area contributed by atoms with Crippen LogP contribution < -0.4 is 10.1 Å². The maximum atomic E-state index is 6.19. The molecule has 0 spiro atoms. The highest BCUT2D eigenvalue weighted by molar-refractivity contribution is 6.32. The van der Waals surface area contributed by atoms with Gasteiger partial charge in [0.2, 0.25) is 0 Å². The number of anilines is 1. The number of piperidine rings is 1. The number of likely N-dealkylation sites (tertiary alicyclic amines) is 1. The molecule has 0 saturated carbocycles. The minimum atomic E-state index is 0.506. The molecule has 1 aliphatic rings. The van der Waals surface area contributed by atoms with Gasteiger partial charge >= 0.3 is 0 Å². The quantitative estimate of drug-likeness (QED) is 0.878. The van der Waals surface area contributed by atoms with Gasteiger partial charge in [-0.1, -0.05) is 41.9 Å². The van der Waals surface area contributed by atoms with Gasteiger partial charge in [0.05, 0.1) is 12.1 Å². The predicted molar refractivity (Wildman–Crippen MR) is 96.4 cm³/mol. The fraction of sp³-hybridized carbons (Fsp3) is 0.368. The van der Waals surface area contributed by atoms with Crippen molar-refractivity contribution in [2.24, 2.45) is 0 Å². The highest BCUT2D eigenvalue weighted by Crippen LogP contribution is 2.28. The van der Waals surface area contributed by atoms with Crippen LogP contribution in [0.15, 0.2) is 48.5 Å². The zero-order chi connectivity index (χ0) is 16.1. The summed E-state index contributed by atoms with van der Waals surface area (Å²) in [7, 11) is 1.64. The Balaban J connectivity index is 1.50. The van der Waals surface area contributed by atoms with E-state index in [2.05, 4.69) is 40.5 Å². The third-order valence-corrected chi connectivity index (χ3v) is 4.65. The van der Waals surface area contributed by atoms with Crippen LogP contribution in [0.3, 0.4) is 0 Å². The summed E-state index contributed by atoms with van der Waals surface area (Å²) in [6.45, 7) is 3.29. The second-order valence-electron chi connectivity index (χ2n) is 6.03. The molecule has 0 atom stereocenters. The Bertz CT molecular complexity index is 625. The molecule has 1 N–H and O–H groups in total. The molecule has 0 radical (unpaired) electrons. The standard InChI is InChI=1S/C19H23ClN2O/c1-23-19-8-7-17(13-18(19)20)21-16-9-11-22(12-10-16)14-15-5-3-2-4-6-15/h2-8,13,16,21H,9-12,14H2,1H3. The Hall–Kier alpha value is -1.71. The molecule has 3 nitrogen and oxygen atoms in total. The molecule has 1 heterocycles. The lowest BCUT2D eigenvalue weighted by molar-refractivity contribution is 0.211. The highest BCUT2D eigenvalue weighted by Gasteiger charge is 2.19. The normalized spacial score (nSPS) is 16.3. The number of benzene rings is 2. The van der Waals surface area contributed by atoms with Crippen LogP contribution in [0.2, 0.25) is 5.02 Å². The first-order chi connectivity index (χ1) is 11.2. The smallest absolute Gasteiger partial charge is 0.137 e. The molecule has 1 fully saturated rings. The first-order valence-corrected chi connectivity index (χ1v) is 8.49. The molecular formula is C19H23ClN2O. The average Bonchev–Trinajstić information content (AvgIpc) is 2.58. The van der Waals surface area contributed by atoms with Crippen molar-refractivity contribution in [2.45, 2.75) is 25.4 Å². The Morgan fingerprint density at radius 1 is 1.13 bits per heavy atom. The van der Waals surface area contributed by atoms with Gasteiger partial charge in [0.15, 0.2) is 0 Å². The molecule has 2 aromatic carbocycles. The molecule has 0 aliphatic carbocycles. The zero-order valence-corrected chi connectivity index (χ0v) is 14.2. The number of rotatable bonds is 5. The summed E-state index contributed by atoms with van der Waals surface area (Å²) >= 11 is 6.19. The molecular weight excluding hydrogens is 308 g/mol. The van der Waals surface area contributed by atoms with Crippen molar-refractivity contribution in [3.63, 3.8) is 0 Å². The van der Waals surface area contributed by atoms with Crippen LogP contribution in [-0.2, 0) is 6.54 Å². The van der Waals surface area contributed by atoms with Crippen LogP contribution in [0.5, 0.6) is 5.75 Å². The van der Waals surface area contributed by atoms with E-state index in [9.17, 15) is 0 Å². The van der Waals surface area contributed by atoms with Gasteiger partial charge in [-0.25, -0.2) is 0 Å². The molecule has 23 heavy (non-hydrogen) atoms.